The van der Waals surface area contributed by atoms with E-state index in [-0.39, 0.29) is 5.82 Å². The van der Waals surface area contributed by atoms with Gasteiger partial charge < -0.3 is 14.8 Å². The van der Waals surface area contributed by atoms with Crippen LogP contribution in [0.2, 0.25) is 5.02 Å². The zero-order chi connectivity index (χ0) is 31.2. The molecule has 17 heteroatoms. The van der Waals surface area contributed by atoms with Gasteiger partial charge in [-0.25, -0.2) is 19.2 Å². The molecular formula is C24H23ClF7N5O4. The van der Waals surface area contributed by atoms with Gasteiger partial charge in [-0.3, -0.25) is 15.1 Å². The van der Waals surface area contributed by atoms with Crippen LogP contribution in [0.25, 0.3) is 0 Å². The summed E-state index contributed by atoms with van der Waals surface area (Å²) in [5.41, 5.74) is -8.56. The van der Waals surface area contributed by atoms with Gasteiger partial charge in [0, 0.05) is 6.20 Å². The van der Waals surface area contributed by atoms with Gasteiger partial charge in [0.1, 0.15) is 40.0 Å². The van der Waals surface area contributed by atoms with Crippen LogP contribution in [0.5, 0.6) is 0 Å². The molecule has 0 aromatic carbocycles. The molecule has 2 aromatic heterocycles. The topological polar surface area (TPSA) is 115 Å². The van der Waals surface area contributed by atoms with Crippen molar-refractivity contribution in [3.63, 3.8) is 0 Å². The molecule has 3 heterocycles. The molecular weight excluding hydrogens is 591 g/mol. The van der Waals surface area contributed by atoms with E-state index < -0.39 is 81.3 Å². The monoisotopic (exact) mass is 613 g/mol. The molecule has 0 spiro atoms. The Morgan fingerprint density at radius 1 is 1.07 bits per heavy atom. The number of carbonyl (C=O) groups is 2. The second kappa shape index (κ2) is 10.7. The molecule has 0 saturated heterocycles. The second-order valence-electron chi connectivity index (χ2n) is 10.2. The number of nitrogens with one attached hydrogen (secondary N) is 2. The lowest BCUT2D eigenvalue weighted by atomic mass is 9.93. The lowest BCUT2D eigenvalue weighted by Crippen LogP contribution is -2.62. The maximum Gasteiger partial charge on any atom is 0.424 e. The van der Waals surface area contributed by atoms with Crippen LogP contribution in [0.1, 0.15) is 56.4 Å². The van der Waals surface area contributed by atoms with Crippen molar-refractivity contribution in [1.82, 2.24) is 15.3 Å². The van der Waals surface area contributed by atoms with E-state index in [0.717, 1.165) is 12.1 Å². The standard InChI is InChI=1S/C24H23ClF7N5O4/c1-20(2,3)41-19(39)36-18-22(5,24(30,31)32)40-10-21(4,37-18)16-13(26)6-7-14(34-16)35-17(38)15-12(25)8-11(9-33-15)23(27,28)29/h6-9H,10H2,1-5H3,(H,34,35,38)(H,36,37,39)/t21-,22+/m0/s1. The number of anilines is 1. The number of aromatic nitrogens is 2. The average Bonchev–Trinajstić information content (AvgIpc) is 2.80. The second-order valence-corrected chi connectivity index (χ2v) is 10.6. The molecule has 224 valence electrons. The predicted octanol–water partition coefficient (Wildman–Crippen LogP) is 6.03. The van der Waals surface area contributed by atoms with Gasteiger partial charge in [0.15, 0.2) is 0 Å². The first-order valence-electron chi connectivity index (χ1n) is 11.6. The molecule has 0 saturated carbocycles. The number of hydrogen-bond acceptors (Lipinski definition) is 7. The number of rotatable bonds is 3. The Balaban J connectivity index is 1.99. The summed E-state index contributed by atoms with van der Waals surface area (Å²) in [7, 11) is 0. The van der Waals surface area contributed by atoms with Crippen molar-refractivity contribution >= 4 is 35.3 Å². The highest BCUT2D eigenvalue weighted by Gasteiger charge is 2.60. The van der Waals surface area contributed by atoms with Gasteiger partial charge in [-0.1, -0.05) is 11.6 Å². The quantitative estimate of drug-likeness (QED) is 0.409. The minimum atomic E-state index is -5.07. The fourth-order valence-corrected chi connectivity index (χ4v) is 3.70. The molecule has 0 bridgehead atoms. The highest BCUT2D eigenvalue weighted by atomic mass is 35.5. The predicted molar refractivity (Wildman–Crippen MR) is 131 cm³/mol. The van der Waals surface area contributed by atoms with Crippen LogP contribution in [0.3, 0.4) is 0 Å². The summed E-state index contributed by atoms with van der Waals surface area (Å²) in [6.45, 7) is 5.35. The summed E-state index contributed by atoms with van der Waals surface area (Å²) < 4.78 is 106. The van der Waals surface area contributed by atoms with Crippen LogP contribution in [0, 0.1) is 5.82 Å². The number of amidine groups is 1. The van der Waals surface area contributed by atoms with E-state index in [2.05, 4.69) is 20.3 Å². The molecule has 1 aliphatic heterocycles. The molecule has 9 nitrogen and oxygen atoms in total. The van der Waals surface area contributed by atoms with Gasteiger partial charge in [-0.05, 0) is 52.8 Å². The summed E-state index contributed by atoms with van der Waals surface area (Å²) in [4.78, 5) is 36.3. The average molecular weight is 614 g/mol. The lowest BCUT2D eigenvalue weighted by Gasteiger charge is -2.41. The van der Waals surface area contributed by atoms with Crippen molar-refractivity contribution in [3.8, 4) is 0 Å². The number of carbonyl (C=O) groups excluding carboxylic acids is 2. The fourth-order valence-electron chi connectivity index (χ4n) is 3.45. The van der Waals surface area contributed by atoms with E-state index in [0.29, 0.717) is 19.2 Å². The zero-order valence-electron chi connectivity index (χ0n) is 22.0. The third-order valence-electron chi connectivity index (χ3n) is 5.59. The first-order chi connectivity index (χ1) is 18.6. The largest absolute Gasteiger partial charge is 0.444 e. The van der Waals surface area contributed by atoms with Gasteiger partial charge in [0.2, 0.25) is 5.60 Å². The van der Waals surface area contributed by atoms with Crippen molar-refractivity contribution < 1.29 is 49.8 Å². The molecule has 2 atom stereocenters. The first kappa shape index (κ1) is 32.0. The van der Waals surface area contributed by atoms with Crippen LogP contribution in [0.4, 0.5) is 41.3 Å². The zero-order valence-corrected chi connectivity index (χ0v) is 22.8. The minimum absolute atomic E-state index is 0.369. The van der Waals surface area contributed by atoms with Crippen molar-refractivity contribution in [2.45, 2.75) is 63.7 Å². The summed E-state index contributed by atoms with van der Waals surface area (Å²) >= 11 is 5.78. The maximum absolute atomic E-state index is 14.9. The number of aliphatic imine (C=N–C) groups is 1. The first-order valence-corrected chi connectivity index (χ1v) is 12.0. The summed E-state index contributed by atoms with van der Waals surface area (Å²) in [5, 5.41) is 3.48. The number of hydrogen-bond donors (Lipinski definition) is 2. The third-order valence-corrected chi connectivity index (χ3v) is 5.88. The Morgan fingerprint density at radius 3 is 2.24 bits per heavy atom. The minimum Gasteiger partial charge on any atom is -0.444 e. The van der Waals surface area contributed by atoms with Crippen molar-refractivity contribution in [1.29, 1.82) is 0 Å². The summed E-state index contributed by atoms with van der Waals surface area (Å²) in [6.07, 6.45) is -10.7. The SMILES string of the molecule is CC(C)(C)OC(=O)NC1=N[C@](C)(c2nc(NC(=O)c3ncc(C(F)(F)F)cc3Cl)ccc2F)CO[C@@]1(C)C(F)(F)F. The number of alkyl halides is 6. The Morgan fingerprint density at radius 2 is 1.71 bits per heavy atom. The highest BCUT2D eigenvalue weighted by Crippen LogP contribution is 2.42. The number of ether oxygens (including phenoxy) is 2. The van der Waals surface area contributed by atoms with Crippen molar-refractivity contribution in [3.05, 3.63) is 52.2 Å². The fraction of sp³-hybridized carbons (Fsp3) is 0.458. The Hall–Kier alpha value is -3.53. The van der Waals surface area contributed by atoms with E-state index >= 15 is 0 Å². The molecule has 41 heavy (non-hydrogen) atoms. The summed E-state index contributed by atoms with van der Waals surface area (Å²) in [5.74, 6) is -3.58. The molecule has 1 aliphatic rings. The van der Waals surface area contributed by atoms with Gasteiger partial charge in [-0.2, -0.15) is 26.3 Å². The van der Waals surface area contributed by atoms with E-state index in [1.807, 2.05) is 5.32 Å². The molecule has 2 amide bonds. The van der Waals surface area contributed by atoms with Gasteiger partial charge >= 0.3 is 18.4 Å². The highest BCUT2D eigenvalue weighted by molar-refractivity contribution is 6.34. The molecule has 0 fully saturated rings. The van der Waals surface area contributed by atoms with E-state index in [1.54, 1.807) is 0 Å². The summed E-state index contributed by atoms with van der Waals surface area (Å²) in [6, 6.07) is 2.28. The third kappa shape index (κ3) is 7.04. The van der Waals surface area contributed by atoms with Crippen LogP contribution in [-0.2, 0) is 21.2 Å². The van der Waals surface area contributed by atoms with Crippen LogP contribution in [0.15, 0.2) is 29.4 Å². The molecule has 2 N–H and O–H groups in total. The number of alkyl carbamates (subject to hydrolysis) is 1. The van der Waals surface area contributed by atoms with Gasteiger partial charge in [0.25, 0.3) is 5.91 Å². The van der Waals surface area contributed by atoms with E-state index in [1.165, 1.54) is 27.7 Å². The Bertz CT molecular complexity index is 1390. The van der Waals surface area contributed by atoms with Crippen molar-refractivity contribution in [2.24, 2.45) is 4.99 Å². The molecule has 0 radical (unpaired) electrons. The van der Waals surface area contributed by atoms with Gasteiger partial charge in [-0.15, -0.1) is 0 Å². The van der Waals surface area contributed by atoms with Crippen LogP contribution >= 0.6 is 11.6 Å². The van der Waals surface area contributed by atoms with E-state index in [9.17, 15) is 40.3 Å². The molecule has 0 aliphatic carbocycles. The van der Waals surface area contributed by atoms with Crippen LogP contribution in [-0.4, -0.2) is 51.8 Å². The molecule has 0 unspecified atom stereocenters. The normalized spacial score (nSPS) is 21.6. The number of nitrogens with zero attached hydrogens (tertiary/aromatic N) is 3. The lowest BCUT2D eigenvalue weighted by molar-refractivity contribution is -0.250. The van der Waals surface area contributed by atoms with Crippen LogP contribution < -0.4 is 10.6 Å². The number of halogens is 8. The molecule has 3 rings (SSSR count). The smallest absolute Gasteiger partial charge is 0.424 e. The van der Waals surface area contributed by atoms with Gasteiger partial charge in [0.05, 0.1) is 17.2 Å². The Labute approximate surface area is 233 Å². The molecule has 2 aromatic rings. The van der Waals surface area contributed by atoms with E-state index in [4.69, 9.17) is 21.1 Å². The maximum atomic E-state index is 14.9. The number of pyridine rings is 2. The van der Waals surface area contributed by atoms with Crippen molar-refractivity contribution in [2.75, 3.05) is 11.9 Å². The Kier molecular flexibility index (Phi) is 8.35. The number of amides is 2.